The fourth-order valence-electron chi connectivity index (χ4n) is 2.80. The van der Waals surface area contributed by atoms with E-state index < -0.39 is 11.8 Å². The smallest absolute Gasteiger partial charge is 0.270 e. The Morgan fingerprint density at radius 3 is 2.66 bits per heavy atom. The standard InChI is InChI=1S/C20H17IN2O5S/c1-3-28-16-10-11(9-13(21)17(16)24)8-12-18(25)22-20(29)23(19(12)26)14-6-4-5-7-15(14)27-2/h4-10,24H,3H2,1-2H3,(H,22,25,29)/b12-8+. The molecule has 1 saturated heterocycles. The molecule has 2 aromatic carbocycles. The van der Waals surface area contributed by atoms with Crippen LogP contribution < -0.4 is 19.7 Å². The van der Waals surface area contributed by atoms with Crippen molar-refractivity contribution in [2.75, 3.05) is 18.6 Å². The van der Waals surface area contributed by atoms with Crippen molar-refractivity contribution in [2.24, 2.45) is 0 Å². The molecular formula is C20H17IN2O5S. The minimum absolute atomic E-state index is 0.00542. The molecular weight excluding hydrogens is 507 g/mol. The number of carbonyl (C=O) groups excluding carboxylic acids is 2. The van der Waals surface area contributed by atoms with Gasteiger partial charge in [0.1, 0.15) is 11.3 Å². The number of methoxy groups -OCH3 is 1. The number of benzene rings is 2. The first-order chi connectivity index (χ1) is 13.9. The van der Waals surface area contributed by atoms with Crippen LogP contribution in [0, 0.1) is 3.57 Å². The molecule has 0 spiro atoms. The van der Waals surface area contributed by atoms with E-state index in [1.807, 2.05) is 22.6 Å². The first-order valence-corrected chi connectivity index (χ1v) is 10.1. The lowest BCUT2D eigenvalue weighted by Crippen LogP contribution is -2.54. The molecule has 2 amide bonds. The van der Waals surface area contributed by atoms with Gasteiger partial charge in [0.05, 0.1) is 23.0 Å². The van der Waals surface area contributed by atoms with Crippen LogP contribution in [0.1, 0.15) is 12.5 Å². The predicted molar refractivity (Wildman–Crippen MR) is 121 cm³/mol. The van der Waals surface area contributed by atoms with E-state index in [2.05, 4.69) is 5.32 Å². The van der Waals surface area contributed by atoms with Crippen molar-refractivity contribution in [3.05, 3.63) is 51.1 Å². The summed E-state index contributed by atoms with van der Waals surface area (Å²) in [5.41, 5.74) is 0.849. The fourth-order valence-corrected chi connectivity index (χ4v) is 3.70. The first-order valence-electron chi connectivity index (χ1n) is 8.57. The summed E-state index contributed by atoms with van der Waals surface area (Å²) in [6.45, 7) is 2.15. The molecule has 0 aromatic heterocycles. The molecule has 0 atom stereocenters. The number of carbonyl (C=O) groups is 2. The molecule has 0 aliphatic carbocycles. The molecule has 1 aliphatic heterocycles. The molecule has 1 heterocycles. The molecule has 0 saturated carbocycles. The highest BCUT2D eigenvalue weighted by atomic mass is 127. The van der Waals surface area contributed by atoms with Crippen LogP contribution in [0.15, 0.2) is 42.0 Å². The normalized spacial score (nSPS) is 15.5. The first kappa shape index (κ1) is 21.1. The van der Waals surface area contributed by atoms with Crippen molar-refractivity contribution in [3.8, 4) is 17.2 Å². The number of para-hydroxylation sites is 2. The van der Waals surface area contributed by atoms with E-state index >= 15 is 0 Å². The summed E-state index contributed by atoms with van der Waals surface area (Å²) < 4.78 is 11.3. The molecule has 2 N–H and O–H groups in total. The van der Waals surface area contributed by atoms with Crippen molar-refractivity contribution in [1.29, 1.82) is 0 Å². The lowest BCUT2D eigenvalue weighted by atomic mass is 10.1. The average molecular weight is 524 g/mol. The zero-order valence-electron chi connectivity index (χ0n) is 15.6. The minimum Gasteiger partial charge on any atom is -0.504 e. The van der Waals surface area contributed by atoms with Crippen molar-refractivity contribution in [2.45, 2.75) is 6.92 Å². The SMILES string of the molecule is CCOc1cc(/C=C2\C(=O)NC(=S)N(c3ccccc3OC)C2=O)cc(I)c1O. The molecule has 150 valence electrons. The van der Waals surface area contributed by atoms with Crippen molar-refractivity contribution in [1.82, 2.24) is 5.32 Å². The molecule has 29 heavy (non-hydrogen) atoms. The Balaban J connectivity index is 2.06. The molecule has 7 nitrogen and oxygen atoms in total. The number of aromatic hydroxyl groups is 1. The van der Waals surface area contributed by atoms with Crippen LogP contribution in [0.3, 0.4) is 0 Å². The van der Waals surface area contributed by atoms with Gasteiger partial charge in [-0.15, -0.1) is 0 Å². The van der Waals surface area contributed by atoms with Gasteiger partial charge in [-0.3, -0.25) is 14.9 Å². The summed E-state index contributed by atoms with van der Waals surface area (Å²) in [6, 6.07) is 10.1. The number of halogens is 1. The van der Waals surface area contributed by atoms with Gasteiger partial charge in [0.25, 0.3) is 11.8 Å². The Morgan fingerprint density at radius 2 is 1.97 bits per heavy atom. The van der Waals surface area contributed by atoms with Crippen molar-refractivity contribution >= 4 is 63.5 Å². The summed E-state index contributed by atoms with van der Waals surface area (Å²) in [5, 5.41) is 12.6. The lowest BCUT2D eigenvalue weighted by molar-refractivity contribution is -0.122. The number of phenols is 1. The van der Waals surface area contributed by atoms with Crippen LogP contribution in [0.4, 0.5) is 5.69 Å². The van der Waals surface area contributed by atoms with Gasteiger partial charge in [-0.2, -0.15) is 0 Å². The van der Waals surface area contributed by atoms with E-state index in [1.165, 1.54) is 18.1 Å². The maximum absolute atomic E-state index is 13.2. The number of hydrogen-bond acceptors (Lipinski definition) is 6. The Morgan fingerprint density at radius 1 is 1.24 bits per heavy atom. The van der Waals surface area contributed by atoms with Gasteiger partial charge >= 0.3 is 0 Å². The van der Waals surface area contributed by atoms with Crippen LogP contribution in [-0.2, 0) is 9.59 Å². The molecule has 2 aromatic rings. The zero-order chi connectivity index (χ0) is 21.1. The second-order valence-corrected chi connectivity index (χ2v) is 7.46. The third kappa shape index (κ3) is 4.20. The lowest BCUT2D eigenvalue weighted by Gasteiger charge is -2.29. The van der Waals surface area contributed by atoms with Gasteiger partial charge in [-0.1, -0.05) is 12.1 Å². The van der Waals surface area contributed by atoms with Gasteiger partial charge in [0.15, 0.2) is 16.6 Å². The second-order valence-electron chi connectivity index (χ2n) is 5.91. The molecule has 1 aliphatic rings. The van der Waals surface area contributed by atoms with Crippen LogP contribution in [0.25, 0.3) is 6.08 Å². The van der Waals surface area contributed by atoms with Gasteiger partial charge in [-0.25, -0.2) is 4.90 Å². The third-order valence-corrected chi connectivity index (χ3v) is 5.20. The number of ether oxygens (including phenoxy) is 2. The Labute approximate surface area is 186 Å². The molecule has 9 heteroatoms. The predicted octanol–water partition coefficient (Wildman–Crippen LogP) is 3.24. The van der Waals surface area contributed by atoms with E-state index in [0.29, 0.717) is 27.2 Å². The highest BCUT2D eigenvalue weighted by Crippen LogP contribution is 2.34. The number of amides is 2. The molecule has 0 unspecified atom stereocenters. The fraction of sp³-hybridized carbons (Fsp3) is 0.150. The van der Waals surface area contributed by atoms with Crippen LogP contribution in [0.2, 0.25) is 0 Å². The number of anilines is 1. The molecule has 3 rings (SSSR count). The highest BCUT2D eigenvalue weighted by Gasteiger charge is 2.35. The number of thiocarbonyl (C=S) groups is 1. The topological polar surface area (TPSA) is 88.1 Å². The number of rotatable bonds is 5. The highest BCUT2D eigenvalue weighted by molar-refractivity contribution is 14.1. The maximum Gasteiger partial charge on any atom is 0.270 e. The van der Waals surface area contributed by atoms with Crippen LogP contribution in [-0.4, -0.2) is 35.8 Å². The molecule has 1 fully saturated rings. The Hall–Kier alpha value is -2.66. The maximum atomic E-state index is 13.2. The molecule has 0 radical (unpaired) electrons. The number of phenolic OH excluding ortho intramolecular Hbond substituents is 1. The Kier molecular flexibility index (Phi) is 6.38. The Bertz CT molecular complexity index is 1040. The van der Waals surface area contributed by atoms with E-state index in [4.69, 9.17) is 21.7 Å². The van der Waals surface area contributed by atoms with E-state index in [0.717, 1.165) is 0 Å². The van der Waals surface area contributed by atoms with E-state index in [9.17, 15) is 14.7 Å². The quantitative estimate of drug-likeness (QED) is 0.271. The van der Waals surface area contributed by atoms with Gasteiger partial charge in [-0.05, 0) is 77.6 Å². The average Bonchev–Trinajstić information content (AvgIpc) is 2.69. The van der Waals surface area contributed by atoms with E-state index in [1.54, 1.807) is 43.3 Å². The van der Waals surface area contributed by atoms with Crippen LogP contribution in [0.5, 0.6) is 17.2 Å². The minimum atomic E-state index is -0.604. The summed E-state index contributed by atoms with van der Waals surface area (Å²) in [5.74, 6) is -0.467. The second kappa shape index (κ2) is 8.78. The third-order valence-electron chi connectivity index (χ3n) is 4.09. The number of nitrogens with zero attached hydrogens (tertiary/aromatic N) is 1. The number of nitrogens with one attached hydrogen (secondary N) is 1. The molecule has 0 bridgehead atoms. The van der Waals surface area contributed by atoms with Crippen molar-refractivity contribution < 1.29 is 24.2 Å². The van der Waals surface area contributed by atoms with E-state index in [-0.39, 0.29) is 22.2 Å². The van der Waals surface area contributed by atoms with Crippen molar-refractivity contribution in [3.63, 3.8) is 0 Å². The number of hydrogen-bond donors (Lipinski definition) is 2. The summed E-state index contributed by atoms with van der Waals surface area (Å²) in [6.07, 6.45) is 1.44. The van der Waals surface area contributed by atoms with Crippen LogP contribution >= 0.6 is 34.8 Å². The monoisotopic (exact) mass is 524 g/mol. The summed E-state index contributed by atoms with van der Waals surface area (Å²) >= 11 is 7.17. The summed E-state index contributed by atoms with van der Waals surface area (Å²) in [4.78, 5) is 26.9. The summed E-state index contributed by atoms with van der Waals surface area (Å²) in [7, 11) is 1.49. The van der Waals surface area contributed by atoms with Gasteiger partial charge in [0, 0.05) is 0 Å². The van der Waals surface area contributed by atoms with Gasteiger partial charge in [0.2, 0.25) is 0 Å². The van der Waals surface area contributed by atoms with Gasteiger partial charge < -0.3 is 14.6 Å². The largest absolute Gasteiger partial charge is 0.504 e. The zero-order valence-corrected chi connectivity index (χ0v) is 18.5.